The van der Waals surface area contributed by atoms with E-state index in [9.17, 15) is 4.79 Å². The Balaban J connectivity index is 3.18. The van der Waals surface area contributed by atoms with Gasteiger partial charge >= 0.3 is 0 Å². The van der Waals surface area contributed by atoms with E-state index in [2.05, 4.69) is 6.58 Å². The summed E-state index contributed by atoms with van der Waals surface area (Å²) in [5.41, 5.74) is 1.36. The molecule has 0 spiro atoms. The summed E-state index contributed by atoms with van der Waals surface area (Å²) in [6.07, 6.45) is 0. The van der Waals surface area contributed by atoms with Crippen molar-refractivity contribution < 1.29 is 4.79 Å². The van der Waals surface area contributed by atoms with E-state index in [0.29, 0.717) is 10.6 Å². The first-order chi connectivity index (χ1) is 7.45. The van der Waals surface area contributed by atoms with Crippen LogP contribution in [0.1, 0.15) is 18.5 Å². The molecule has 1 atom stereocenters. The van der Waals surface area contributed by atoms with E-state index < -0.39 is 0 Å². The molecule has 0 aliphatic carbocycles. The van der Waals surface area contributed by atoms with Crippen LogP contribution in [0.25, 0.3) is 0 Å². The van der Waals surface area contributed by atoms with Gasteiger partial charge in [0, 0.05) is 5.02 Å². The number of nitrogens with zero attached hydrogens (tertiary/aromatic N) is 1. The summed E-state index contributed by atoms with van der Waals surface area (Å²) in [5.74, 6) is -0.00176. The molecular formula is C13H16ClNO. The third-order valence-corrected chi connectivity index (χ3v) is 2.73. The fourth-order valence-electron chi connectivity index (χ4n) is 1.58. The molecular weight excluding hydrogens is 222 g/mol. The van der Waals surface area contributed by atoms with E-state index in [4.69, 9.17) is 11.6 Å². The molecule has 86 valence electrons. The number of carbonyl (C=O) groups excluding carboxylic acids is 1. The minimum Gasteiger partial charge on any atom is -0.296 e. The van der Waals surface area contributed by atoms with E-state index in [1.807, 2.05) is 37.2 Å². The molecule has 0 heterocycles. The predicted molar refractivity (Wildman–Crippen MR) is 67.7 cm³/mol. The molecule has 1 rings (SSSR count). The molecule has 0 aromatic heterocycles. The Morgan fingerprint density at radius 1 is 1.38 bits per heavy atom. The minimum absolute atomic E-state index is 0.00176. The number of rotatable bonds is 4. The van der Waals surface area contributed by atoms with Crippen molar-refractivity contribution >= 4 is 17.4 Å². The monoisotopic (exact) mass is 237 g/mol. The van der Waals surface area contributed by atoms with Crippen LogP contribution in [0.2, 0.25) is 5.02 Å². The van der Waals surface area contributed by atoms with Gasteiger partial charge in [-0.25, -0.2) is 0 Å². The van der Waals surface area contributed by atoms with Gasteiger partial charge in [-0.1, -0.05) is 36.4 Å². The van der Waals surface area contributed by atoms with Gasteiger partial charge in [0.2, 0.25) is 0 Å². The van der Waals surface area contributed by atoms with Gasteiger partial charge in [0.05, 0.1) is 6.04 Å². The van der Waals surface area contributed by atoms with E-state index in [1.54, 1.807) is 13.0 Å². The highest BCUT2D eigenvalue weighted by Gasteiger charge is 2.24. The Morgan fingerprint density at radius 3 is 2.38 bits per heavy atom. The Hall–Kier alpha value is -1.12. The standard InChI is InChI=1S/C13H16ClNO/c1-9(2)13(16)12(15(3)4)10-7-5-6-8-11(10)14/h5-8,12H,1H2,2-4H3. The van der Waals surface area contributed by atoms with Gasteiger partial charge < -0.3 is 0 Å². The normalized spacial score (nSPS) is 12.6. The Morgan fingerprint density at radius 2 is 1.94 bits per heavy atom. The number of hydrogen-bond acceptors (Lipinski definition) is 2. The summed E-state index contributed by atoms with van der Waals surface area (Å²) in [7, 11) is 3.71. The molecule has 2 nitrogen and oxygen atoms in total. The van der Waals surface area contributed by atoms with Crippen LogP contribution in [0.4, 0.5) is 0 Å². The summed E-state index contributed by atoms with van der Waals surface area (Å²) in [4.78, 5) is 13.9. The molecule has 0 saturated carbocycles. The van der Waals surface area contributed by atoms with Crippen LogP contribution >= 0.6 is 11.6 Å². The van der Waals surface area contributed by atoms with Crippen LogP contribution < -0.4 is 0 Å². The van der Waals surface area contributed by atoms with Crippen molar-refractivity contribution in [2.45, 2.75) is 13.0 Å². The zero-order chi connectivity index (χ0) is 12.3. The van der Waals surface area contributed by atoms with Crippen molar-refractivity contribution in [3.8, 4) is 0 Å². The first-order valence-electron chi connectivity index (χ1n) is 5.05. The summed E-state index contributed by atoms with van der Waals surface area (Å²) in [5, 5.41) is 0.607. The van der Waals surface area contributed by atoms with Crippen LogP contribution in [0.5, 0.6) is 0 Å². The van der Waals surface area contributed by atoms with Crippen LogP contribution in [-0.4, -0.2) is 24.8 Å². The van der Waals surface area contributed by atoms with Crippen molar-refractivity contribution in [3.05, 3.63) is 47.0 Å². The fourth-order valence-corrected chi connectivity index (χ4v) is 1.82. The summed E-state index contributed by atoms with van der Waals surface area (Å²) in [6, 6.07) is 7.03. The highest BCUT2D eigenvalue weighted by Crippen LogP contribution is 2.28. The molecule has 16 heavy (non-hydrogen) atoms. The highest BCUT2D eigenvalue weighted by atomic mass is 35.5. The number of likely N-dealkylation sites (N-methyl/N-ethyl adjacent to an activating group) is 1. The van der Waals surface area contributed by atoms with Gasteiger partial charge in [-0.3, -0.25) is 9.69 Å². The molecule has 0 N–H and O–H groups in total. The number of Topliss-reactive ketones (excluding diaryl/α,β-unsaturated/α-hetero) is 1. The largest absolute Gasteiger partial charge is 0.296 e. The highest BCUT2D eigenvalue weighted by molar-refractivity contribution is 6.31. The summed E-state index contributed by atoms with van der Waals surface area (Å²) < 4.78 is 0. The quantitative estimate of drug-likeness (QED) is 0.750. The lowest BCUT2D eigenvalue weighted by atomic mass is 9.98. The molecule has 0 fully saturated rings. The second-order valence-corrected chi connectivity index (χ2v) is 4.44. The topological polar surface area (TPSA) is 20.3 Å². The number of ketones is 1. The van der Waals surface area contributed by atoms with E-state index >= 15 is 0 Å². The summed E-state index contributed by atoms with van der Waals surface area (Å²) in [6.45, 7) is 5.41. The minimum atomic E-state index is -0.355. The lowest BCUT2D eigenvalue weighted by molar-refractivity contribution is -0.119. The van der Waals surface area contributed by atoms with Crippen LogP contribution in [0.3, 0.4) is 0 Å². The Labute approximate surface area is 102 Å². The predicted octanol–water partition coefficient (Wildman–Crippen LogP) is 3.09. The van der Waals surface area contributed by atoms with Crippen LogP contribution in [0, 0.1) is 0 Å². The van der Waals surface area contributed by atoms with Crippen LogP contribution in [-0.2, 0) is 4.79 Å². The van der Waals surface area contributed by atoms with Gasteiger partial charge in [-0.05, 0) is 38.2 Å². The molecule has 0 amide bonds. The number of hydrogen-bond donors (Lipinski definition) is 0. The maximum Gasteiger partial charge on any atom is 0.179 e. The fraction of sp³-hybridized carbons (Fsp3) is 0.308. The molecule has 0 radical (unpaired) electrons. The van der Waals surface area contributed by atoms with Crippen molar-refractivity contribution in [2.24, 2.45) is 0 Å². The zero-order valence-corrected chi connectivity index (χ0v) is 10.6. The molecule has 1 aromatic carbocycles. The number of benzene rings is 1. The second kappa shape index (κ2) is 5.28. The van der Waals surface area contributed by atoms with Gasteiger partial charge in [0.25, 0.3) is 0 Å². The molecule has 3 heteroatoms. The molecule has 0 saturated heterocycles. The number of carbonyl (C=O) groups is 1. The molecule has 1 aromatic rings. The molecule has 0 bridgehead atoms. The maximum absolute atomic E-state index is 12.0. The van der Waals surface area contributed by atoms with Gasteiger partial charge in [-0.2, -0.15) is 0 Å². The first-order valence-corrected chi connectivity index (χ1v) is 5.43. The number of halogens is 1. The lowest BCUT2D eigenvalue weighted by Crippen LogP contribution is -2.28. The second-order valence-electron chi connectivity index (χ2n) is 4.03. The van der Waals surface area contributed by atoms with E-state index in [0.717, 1.165) is 5.56 Å². The van der Waals surface area contributed by atoms with E-state index in [-0.39, 0.29) is 11.8 Å². The Bertz CT molecular complexity index is 412. The third kappa shape index (κ3) is 2.71. The third-order valence-electron chi connectivity index (χ3n) is 2.39. The maximum atomic E-state index is 12.0. The smallest absolute Gasteiger partial charge is 0.179 e. The van der Waals surface area contributed by atoms with E-state index in [1.165, 1.54) is 0 Å². The van der Waals surface area contributed by atoms with Crippen molar-refractivity contribution in [3.63, 3.8) is 0 Å². The summed E-state index contributed by atoms with van der Waals surface area (Å²) >= 11 is 6.10. The van der Waals surface area contributed by atoms with Crippen LogP contribution in [0.15, 0.2) is 36.4 Å². The van der Waals surface area contributed by atoms with Crippen molar-refractivity contribution in [1.29, 1.82) is 0 Å². The van der Waals surface area contributed by atoms with Crippen molar-refractivity contribution in [1.82, 2.24) is 4.90 Å². The molecule has 0 aliphatic heterocycles. The average molecular weight is 238 g/mol. The van der Waals surface area contributed by atoms with Crippen molar-refractivity contribution in [2.75, 3.05) is 14.1 Å². The SMILES string of the molecule is C=C(C)C(=O)C(c1ccccc1Cl)N(C)C. The first kappa shape index (κ1) is 12.9. The molecule has 1 unspecified atom stereocenters. The Kier molecular flexibility index (Phi) is 4.27. The molecule has 0 aliphatic rings. The lowest BCUT2D eigenvalue weighted by Gasteiger charge is -2.24. The van der Waals surface area contributed by atoms with Gasteiger partial charge in [-0.15, -0.1) is 0 Å². The van der Waals surface area contributed by atoms with Gasteiger partial charge in [0.1, 0.15) is 0 Å². The average Bonchev–Trinajstić information content (AvgIpc) is 2.20. The van der Waals surface area contributed by atoms with Gasteiger partial charge in [0.15, 0.2) is 5.78 Å². The zero-order valence-electron chi connectivity index (χ0n) is 9.83.